The molecule has 0 bridgehead atoms. The molecule has 0 amide bonds. The van der Waals surface area contributed by atoms with E-state index < -0.39 is 5.97 Å². The second kappa shape index (κ2) is 7.34. The number of hydrogen-bond acceptors (Lipinski definition) is 3. The molecule has 0 aliphatic heterocycles. The van der Waals surface area contributed by atoms with E-state index in [-0.39, 0.29) is 5.56 Å². The van der Waals surface area contributed by atoms with Crippen molar-refractivity contribution in [3.05, 3.63) is 23.7 Å². The van der Waals surface area contributed by atoms with Gasteiger partial charge >= 0.3 is 5.97 Å². The van der Waals surface area contributed by atoms with E-state index in [1.807, 2.05) is 0 Å². The van der Waals surface area contributed by atoms with Crippen LogP contribution >= 0.6 is 0 Å². The second-order valence-electron chi connectivity index (χ2n) is 5.40. The Balaban J connectivity index is 2.77. The lowest BCUT2D eigenvalue weighted by atomic mass is 10.1. The van der Waals surface area contributed by atoms with Crippen molar-refractivity contribution in [1.82, 2.24) is 4.90 Å². The molecule has 1 aromatic heterocycles. The van der Waals surface area contributed by atoms with Gasteiger partial charge in [0.2, 0.25) is 0 Å². The van der Waals surface area contributed by atoms with Crippen LogP contribution in [0, 0.1) is 5.92 Å². The number of carboxylic acids is 1. The van der Waals surface area contributed by atoms with Crippen LogP contribution in [-0.2, 0) is 6.54 Å². The largest absolute Gasteiger partial charge is 0.478 e. The highest BCUT2D eigenvalue weighted by Crippen LogP contribution is 2.17. The van der Waals surface area contributed by atoms with Crippen molar-refractivity contribution in [2.75, 3.05) is 6.54 Å². The Kier molecular flexibility index (Phi) is 6.09. The summed E-state index contributed by atoms with van der Waals surface area (Å²) >= 11 is 0. The van der Waals surface area contributed by atoms with E-state index in [4.69, 9.17) is 9.52 Å². The fraction of sp³-hybridized carbons (Fsp3) is 0.667. The predicted octanol–water partition coefficient (Wildman–Crippen LogP) is 3.62. The Morgan fingerprint density at radius 2 is 2.00 bits per heavy atom. The molecule has 0 atom stereocenters. The quantitative estimate of drug-likeness (QED) is 0.781. The van der Waals surface area contributed by atoms with Crippen LogP contribution in [0.25, 0.3) is 0 Å². The van der Waals surface area contributed by atoms with Crippen molar-refractivity contribution in [2.45, 2.75) is 53.1 Å². The molecule has 1 N–H and O–H groups in total. The first kappa shape index (κ1) is 15.8. The van der Waals surface area contributed by atoms with Gasteiger partial charge in [0, 0.05) is 12.6 Å². The molecule has 4 nitrogen and oxygen atoms in total. The monoisotopic (exact) mass is 267 g/mol. The van der Waals surface area contributed by atoms with E-state index in [1.165, 1.54) is 6.26 Å². The number of carboxylic acid groups (broad SMARTS) is 1. The van der Waals surface area contributed by atoms with Gasteiger partial charge in [-0.2, -0.15) is 0 Å². The number of nitrogens with zero attached hydrogens (tertiary/aromatic N) is 1. The van der Waals surface area contributed by atoms with Crippen molar-refractivity contribution in [3.63, 3.8) is 0 Å². The van der Waals surface area contributed by atoms with Gasteiger partial charge in [0.15, 0.2) is 0 Å². The maximum atomic E-state index is 10.9. The van der Waals surface area contributed by atoms with Gasteiger partial charge < -0.3 is 9.52 Å². The fourth-order valence-corrected chi connectivity index (χ4v) is 2.39. The molecule has 0 radical (unpaired) electrons. The van der Waals surface area contributed by atoms with E-state index in [0.717, 1.165) is 25.1 Å². The fourth-order valence-electron chi connectivity index (χ4n) is 2.39. The highest BCUT2D eigenvalue weighted by molar-refractivity contribution is 5.87. The molecular weight excluding hydrogens is 242 g/mol. The molecule has 0 saturated carbocycles. The zero-order chi connectivity index (χ0) is 14.4. The molecule has 0 fully saturated rings. The van der Waals surface area contributed by atoms with E-state index in [1.54, 1.807) is 6.07 Å². The smallest absolute Gasteiger partial charge is 0.338 e. The van der Waals surface area contributed by atoms with Gasteiger partial charge in [0.05, 0.1) is 12.1 Å². The first-order chi connectivity index (χ1) is 8.97. The molecule has 4 heteroatoms. The molecule has 0 aliphatic rings. The first-order valence-electron chi connectivity index (χ1n) is 7.02. The van der Waals surface area contributed by atoms with Crippen LogP contribution in [0.4, 0.5) is 0 Å². The van der Waals surface area contributed by atoms with E-state index in [2.05, 4.69) is 32.6 Å². The average Bonchev–Trinajstić information content (AvgIpc) is 2.78. The number of aromatic carboxylic acids is 1. The summed E-state index contributed by atoms with van der Waals surface area (Å²) in [5, 5.41) is 8.91. The minimum absolute atomic E-state index is 0.226. The molecule has 1 heterocycles. The lowest BCUT2D eigenvalue weighted by Gasteiger charge is -2.31. The highest BCUT2D eigenvalue weighted by atomic mass is 16.4. The topological polar surface area (TPSA) is 53.7 Å². The lowest BCUT2D eigenvalue weighted by molar-refractivity contribution is 0.0696. The van der Waals surface area contributed by atoms with Crippen molar-refractivity contribution in [3.8, 4) is 0 Å². The predicted molar refractivity (Wildman–Crippen MR) is 75.3 cm³/mol. The molecule has 0 aliphatic carbocycles. The Hall–Kier alpha value is -1.29. The van der Waals surface area contributed by atoms with Crippen LogP contribution in [0.2, 0.25) is 0 Å². The van der Waals surface area contributed by atoms with Crippen LogP contribution in [0.15, 0.2) is 16.7 Å². The Morgan fingerprint density at radius 3 is 2.42 bits per heavy atom. The van der Waals surface area contributed by atoms with Gasteiger partial charge in [-0.05, 0) is 24.8 Å². The molecule has 0 spiro atoms. The minimum Gasteiger partial charge on any atom is -0.478 e. The van der Waals surface area contributed by atoms with Crippen LogP contribution in [0.5, 0.6) is 0 Å². The number of carbonyl (C=O) groups is 1. The number of hydrogen-bond donors (Lipinski definition) is 1. The third kappa shape index (κ3) is 4.71. The number of rotatable bonds is 8. The molecule has 1 rings (SSSR count). The van der Waals surface area contributed by atoms with Gasteiger partial charge in [0.25, 0.3) is 0 Å². The summed E-state index contributed by atoms with van der Waals surface area (Å²) in [5.41, 5.74) is 0.226. The van der Waals surface area contributed by atoms with Gasteiger partial charge in [-0.15, -0.1) is 0 Å². The summed E-state index contributed by atoms with van der Waals surface area (Å²) in [5.74, 6) is 0.368. The zero-order valence-corrected chi connectivity index (χ0v) is 12.3. The van der Waals surface area contributed by atoms with Crippen molar-refractivity contribution in [1.29, 1.82) is 0 Å². The maximum Gasteiger partial charge on any atom is 0.338 e. The van der Waals surface area contributed by atoms with E-state index >= 15 is 0 Å². The third-order valence-electron chi connectivity index (χ3n) is 3.32. The molecule has 0 unspecified atom stereocenters. The summed E-state index contributed by atoms with van der Waals surface area (Å²) in [6, 6.07) is 2.14. The maximum absolute atomic E-state index is 10.9. The van der Waals surface area contributed by atoms with Gasteiger partial charge in [-0.3, -0.25) is 4.90 Å². The standard InChI is InChI=1S/C15H25NO3/c1-5-13(6-2)16(8-11(3)4)9-14-7-12(10-19-14)15(17)18/h7,10-11,13H,5-6,8-9H2,1-4H3,(H,17,18). The van der Waals surface area contributed by atoms with Crippen LogP contribution < -0.4 is 0 Å². The summed E-state index contributed by atoms with van der Waals surface area (Å²) in [6.07, 6.45) is 3.50. The Labute approximate surface area is 115 Å². The van der Waals surface area contributed by atoms with Crippen LogP contribution in [0.3, 0.4) is 0 Å². The Bertz CT molecular complexity index is 394. The van der Waals surface area contributed by atoms with Gasteiger partial charge in [0.1, 0.15) is 12.0 Å². The van der Waals surface area contributed by atoms with Crippen LogP contribution in [-0.4, -0.2) is 28.6 Å². The molecule has 19 heavy (non-hydrogen) atoms. The van der Waals surface area contributed by atoms with E-state index in [9.17, 15) is 4.79 Å². The van der Waals surface area contributed by atoms with Gasteiger partial charge in [-0.1, -0.05) is 27.7 Å². The second-order valence-corrected chi connectivity index (χ2v) is 5.40. The minimum atomic E-state index is -0.937. The van der Waals surface area contributed by atoms with Crippen molar-refractivity contribution < 1.29 is 14.3 Å². The zero-order valence-electron chi connectivity index (χ0n) is 12.3. The first-order valence-corrected chi connectivity index (χ1v) is 7.02. The molecule has 108 valence electrons. The summed E-state index contributed by atoms with van der Waals surface area (Å²) in [7, 11) is 0. The Morgan fingerprint density at radius 1 is 1.37 bits per heavy atom. The summed E-state index contributed by atoms with van der Waals surface area (Å²) < 4.78 is 5.35. The highest BCUT2D eigenvalue weighted by Gasteiger charge is 2.19. The summed E-state index contributed by atoms with van der Waals surface area (Å²) in [6.45, 7) is 10.4. The molecule has 0 saturated heterocycles. The lowest BCUT2D eigenvalue weighted by Crippen LogP contribution is -2.36. The van der Waals surface area contributed by atoms with Crippen LogP contribution in [0.1, 0.15) is 56.7 Å². The molecule has 1 aromatic rings. The molecule has 0 aromatic carbocycles. The SMILES string of the molecule is CCC(CC)N(Cc1cc(C(=O)O)co1)CC(C)C. The van der Waals surface area contributed by atoms with Crippen molar-refractivity contribution >= 4 is 5.97 Å². The van der Waals surface area contributed by atoms with E-state index in [0.29, 0.717) is 18.5 Å². The third-order valence-corrected chi connectivity index (χ3v) is 3.32. The van der Waals surface area contributed by atoms with Gasteiger partial charge in [-0.25, -0.2) is 4.79 Å². The number of furan rings is 1. The average molecular weight is 267 g/mol. The molecular formula is C15H25NO3. The normalized spacial score (nSPS) is 11.7. The summed E-state index contributed by atoms with van der Waals surface area (Å²) in [4.78, 5) is 13.2. The van der Waals surface area contributed by atoms with Crippen molar-refractivity contribution in [2.24, 2.45) is 5.92 Å².